The standard InChI is InChI=1S/C28H25F3N6O2/c1-39-23-15-21(28(29,30)31)14-22(16-23)36-27-35-17-24(20-4-2-3-19(13-20)5-6-25(32)38)26(37-27)34-12-9-18-7-10-33-11-8-18/h2-8,10-11,13-17H,9,12H2,1H3,(H2,32,38)(H2,34,35,36,37). The van der Waals surface area contributed by atoms with Gasteiger partial charge in [0.2, 0.25) is 11.9 Å². The van der Waals surface area contributed by atoms with Crippen LogP contribution in [0.15, 0.2) is 79.3 Å². The number of halogens is 3. The number of alkyl halides is 3. The van der Waals surface area contributed by atoms with E-state index in [0.29, 0.717) is 24.3 Å². The summed E-state index contributed by atoms with van der Waals surface area (Å²) in [6, 6.07) is 14.5. The number of hydrogen-bond acceptors (Lipinski definition) is 7. The van der Waals surface area contributed by atoms with Gasteiger partial charge in [0.15, 0.2) is 0 Å². The van der Waals surface area contributed by atoms with Crippen LogP contribution < -0.4 is 21.1 Å². The quantitative estimate of drug-likeness (QED) is 0.231. The predicted molar refractivity (Wildman–Crippen MR) is 143 cm³/mol. The van der Waals surface area contributed by atoms with E-state index in [1.165, 1.54) is 19.3 Å². The highest BCUT2D eigenvalue weighted by Crippen LogP contribution is 2.35. The minimum atomic E-state index is -4.55. The molecule has 11 heteroatoms. The number of anilines is 3. The van der Waals surface area contributed by atoms with Crippen molar-refractivity contribution in [3.05, 3.63) is 96.0 Å². The number of pyridine rings is 1. The first-order valence-corrected chi connectivity index (χ1v) is 11.8. The number of hydrogen-bond donors (Lipinski definition) is 3. The molecule has 2 aromatic heterocycles. The fourth-order valence-corrected chi connectivity index (χ4v) is 3.73. The molecule has 0 saturated carbocycles. The van der Waals surface area contributed by atoms with Gasteiger partial charge in [-0.2, -0.15) is 18.2 Å². The lowest BCUT2D eigenvalue weighted by Crippen LogP contribution is -2.10. The lowest BCUT2D eigenvalue weighted by Gasteiger charge is -2.15. The first-order chi connectivity index (χ1) is 18.7. The fraction of sp³-hybridized carbons (Fsp3) is 0.143. The van der Waals surface area contributed by atoms with Gasteiger partial charge in [-0.3, -0.25) is 9.78 Å². The maximum absolute atomic E-state index is 13.4. The van der Waals surface area contributed by atoms with Gasteiger partial charge in [0.25, 0.3) is 0 Å². The highest BCUT2D eigenvalue weighted by Gasteiger charge is 2.31. The van der Waals surface area contributed by atoms with E-state index in [4.69, 9.17) is 10.5 Å². The number of benzene rings is 2. The Morgan fingerprint density at radius 2 is 1.90 bits per heavy atom. The van der Waals surface area contributed by atoms with Crippen LogP contribution in [0.25, 0.3) is 17.2 Å². The molecule has 8 nitrogen and oxygen atoms in total. The van der Waals surface area contributed by atoms with E-state index in [-0.39, 0.29) is 17.4 Å². The van der Waals surface area contributed by atoms with Gasteiger partial charge in [-0.25, -0.2) is 4.98 Å². The summed E-state index contributed by atoms with van der Waals surface area (Å²) < 4.78 is 45.2. The summed E-state index contributed by atoms with van der Waals surface area (Å²) >= 11 is 0. The van der Waals surface area contributed by atoms with Crippen LogP contribution in [-0.2, 0) is 17.4 Å². The van der Waals surface area contributed by atoms with E-state index in [1.54, 1.807) is 24.7 Å². The molecule has 39 heavy (non-hydrogen) atoms. The van der Waals surface area contributed by atoms with E-state index in [2.05, 4.69) is 25.6 Å². The zero-order valence-electron chi connectivity index (χ0n) is 20.9. The molecule has 4 aromatic rings. The molecule has 4 N–H and O–H groups in total. The van der Waals surface area contributed by atoms with E-state index < -0.39 is 17.6 Å². The Bertz CT molecular complexity index is 1480. The molecule has 0 unspecified atom stereocenters. The molecule has 0 spiro atoms. The highest BCUT2D eigenvalue weighted by atomic mass is 19.4. The Labute approximate surface area is 222 Å². The van der Waals surface area contributed by atoms with Crippen molar-refractivity contribution < 1.29 is 22.7 Å². The number of carbonyl (C=O) groups excluding carboxylic acids is 1. The molecule has 0 saturated heterocycles. The molecule has 200 valence electrons. The molecule has 0 atom stereocenters. The summed E-state index contributed by atoms with van der Waals surface area (Å²) in [5.74, 6) is 0.0391. The smallest absolute Gasteiger partial charge is 0.416 e. The maximum Gasteiger partial charge on any atom is 0.416 e. The van der Waals surface area contributed by atoms with Gasteiger partial charge in [0.05, 0.1) is 12.7 Å². The summed E-state index contributed by atoms with van der Waals surface area (Å²) in [5, 5.41) is 6.16. The normalized spacial score (nSPS) is 11.4. The maximum atomic E-state index is 13.4. The second-order valence-electron chi connectivity index (χ2n) is 8.42. The van der Waals surface area contributed by atoms with Gasteiger partial charge in [-0.1, -0.05) is 18.2 Å². The van der Waals surface area contributed by atoms with Crippen molar-refractivity contribution in [1.29, 1.82) is 0 Å². The van der Waals surface area contributed by atoms with Gasteiger partial charge in [0.1, 0.15) is 11.6 Å². The largest absolute Gasteiger partial charge is 0.497 e. The molecule has 0 aliphatic carbocycles. The SMILES string of the molecule is COc1cc(Nc2ncc(-c3cccc(C=CC(N)=O)c3)c(NCCc3ccncc3)n2)cc(C(F)(F)F)c1. The van der Waals surface area contributed by atoms with Crippen LogP contribution >= 0.6 is 0 Å². The Morgan fingerprint density at radius 1 is 1.10 bits per heavy atom. The van der Waals surface area contributed by atoms with Crippen molar-refractivity contribution in [2.75, 3.05) is 24.3 Å². The van der Waals surface area contributed by atoms with Crippen LogP contribution in [0.1, 0.15) is 16.7 Å². The van der Waals surface area contributed by atoms with Crippen molar-refractivity contribution in [3.8, 4) is 16.9 Å². The Morgan fingerprint density at radius 3 is 2.62 bits per heavy atom. The van der Waals surface area contributed by atoms with Gasteiger partial charge in [-0.15, -0.1) is 0 Å². The average Bonchev–Trinajstić information content (AvgIpc) is 2.92. The molecular weight excluding hydrogens is 509 g/mol. The molecule has 2 heterocycles. The monoisotopic (exact) mass is 534 g/mol. The zero-order valence-corrected chi connectivity index (χ0v) is 20.9. The lowest BCUT2D eigenvalue weighted by atomic mass is 10.0. The molecule has 4 rings (SSSR count). The second kappa shape index (κ2) is 12.1. The average molecular weight is 535 g/mol. The number of ether oxygens (including phenoxy) is 1. The number of methoxy groups -OCH3 is 1. The van der Waals surface area contributed by atoms with E-state index >= 15 is 0 Å². The number of primary amides is 1. The molecule has 0 aliphatic heterocycles. The van der Waals surface area contributed by atoms with Crippen LogP contribution in [0.4, 0.5) is 30.6 Å². The third-order valence-corrected chi connectivity index (χ3v) is 5.61. The number of amides is 1. The van der Waals surface area contributed by atoms with Gasteiger partial charge < -0.3 is 21.1 Å². The van der Waals surface area contributed by atoms with Crippen LogP contribution in [0.5, 0.6) is 5.75 Å². The Hall–Kier alpha value is -4.93. The summed E-state index contributed by atoms with van der Waals surface area (Å²) in [6.45, 7) is 0.520. The van der Waals surface area contributed by atoms with Gasteiger partial charge >= 0.3 is 6.18 Å². The molecular formula is C28H25F3N6O2. The van der Waals surface area contributed by atoms with Crippen molar-refractivity contribution >= 4 is 29.4 Å². The molecule has 0 radical (unpaired) electrons. The lowest BCUT2D eigenvalue weighted by molar-refractivity contribution is -0.137. The number of aromatic nitrogens is 3. The summed E-state index contributed by atoms with van der Waals surface area (Å²) in [4.78, 5) is 24.1. The third kappa shape index (κ3) is 7.54. The predicted octanol–water partition coefficient (Wildman–Crippen LogP) is 5.46. The van der Waals surface area contributed by atoms with Crippen molar-refractivity contribution in [3.63, 3.8) is 0 Å². The van der Waals surface area contributed by atoms with Crippen LogP contribution in [0.2, 0.25) is 0 Å². The topological polar surface area (TPSA) is 115 Å². The number of nitrogens with two attached hydrogens (primary N) is 1. The first-order valence-electron chi connectivity index (χ1n) is 11.8. The molecule has 0 fully saturated rings. The number of nitrogens with one attached hydrogen (secondary N) is 2. The summed E-state index contributed by atoms with van der Waals surface area (Å²) in [7, 11) is 1.29. The van der Waals surface area contributed by atoms with Crippen LogP contribution in [0.3, 0.4) is 0 Å². The second-order valence-corrected chi connectivity index (χ2v) is 8.42. The highest BCUT2D eigenvalue weighted by molar-refractivity contribution is 5.90. The van der Waals surface area contributed by atoms with Crippen molar-refractivity contribution in [1.82, 2.24) is 15.0 Å². The number of carbonyl (C=O) groups is 1. The number of nitrogens with zero attached hydrogens (tertiary/aromatic N) is 3. The Balaban J connectivity index is 1.67. The first kappa shape index (κ1) is 27.1. The fourth-order valence-electron chi connectivity index (χ4n) is 3.73. The zero-order chi connectivity index (χ0) is 27.8. The summed E-state index contributed by atoms with van der Waals surface area (Å²) in [5.41, 5.74) is 7.70. The van der Waals surface area contributed by atoms with E-state index in [0.717, 1.165) is 28.8 Å². The Kier molecular flexibility index (Phi) is 8.40. The van der Waals surface area contributed by atoms with Crippen molar-refractivity contribution in [2.24, 2.45) is 5.73 Å². The minimum absolute atomic E-state index is 0.0421. The summed E-state index contributed by atoms with van der Waals surface area (Å²) in [6.07, 6.45) is 3.99. The number of rotatable bonds is 10. The molecule has 2 aromatic carbocycles. The van der Waals surface area contributed by atoms with E-state index in [1.807, 2.05) is 36.4 Å². The van der Waals surface area contributed by atoms with E-state index in [9.17, 15) is 18.0 Å². The van der Waals surface area contributed by atoms with Gasteiger partial charge in [0, 0.05) is 48.5 Å². The minimum Gasteiger partial charge on any atom is -0.497 e. The van der Waals surface area contributed by atoms with Crippen LogP contribution in [0, 0.1) is 0 Å². The third-order valence-electron chi connectivity index (χ3n) is 5.61. The van der Waals surface area contributed by atoms with Gasteiger partial charge in [-0.05, 0) is 59.5 Å². The molecule has 1 amide bonds. The molecule has 0 bridgehead atoms. The molecule has 0 aliphatic rings. The van der Waals surface area contributed by atoms with Crippen LogP contribution in [-0.4, -0.2) is 34.5 Å². The van der Waals surface area contributed by atoms with Crippen molar-refractivity contribution in [2.45, 2.75) is 12.6 Å².